The number of hydrogen-bond donors (Lipinski definition) is 0. The number of benzene rings is 3. The molecule has 0 saturated heterocycles. The summed E-state index contributed by atoms with van der Waals surface area (Å²) in [7, 11) is 0. The molecule has 0 saturated carbocycles. The van der Waals surface area contributed by atoms with Crippen LogP contribution in [0.4, 0.5) is 0 Å². The molecule has 0 bridgehead atoms. The standard InChI is InChI=1S/C21H16N2/c1-16(17-10-4-2-5-11-17)23-20-15-9-8-14-19(20)22-21(23)18-12-6-3-7-13-18/h2-15H,1H2. The minimum Gasteiger partial charge on any atom is -0.292 e. The summed E-state index contributed by atoms with van der Waals surface area (Å²) in [5.74, 6) is 0.917. The van der Waals surface area contributed by atoms with Gasteiger partial charge in [0.05, 0.1) is 11.0 Å². The predicted molar refractivity (Wildman–Crippen MR) is 96.0 cm³/mol. The van der Waals surface area contributed by atoms with Gasteiger partial charge in [0.1, 0.15) is 5.82 Å². The molecule has 0 N–H and O–H groups in total. The molecule has 0 atom stereocenters. The van der Waals surface area contributed by atoms with Crippen LogP contribution in [0.3, 0.4) is 0 Å². The van der Waals surface area contributed by atoms with E-state index in [-0.39, 0.29) is 0 Å². The third-order valence-corrected chi connectivity index (χ3v) is 3.97. The predicted octanol–water partition coefficient (Wildman–Crippen LogP) is 5.22. The Kier molecular flexibility index (Phi) is 3.28. The van der Waals surface area contributed by atoms with Crippen molar-refractivity contribution >= 4 is 16.7 Å². The lowest BCUT2D eigenvalue weighted by molar-refractivity contribution is 1.14. The molecular weight excluding hydrogens is 280 g/mol. The molecule has 2 heteroatoms. The number of rotatable bonds is 3. The van der Waals surface area contributed by atoms with Crippen LogP contribution in [0, 0.1) is 0 Å². The van der Waals surface area contributed by atoms with Crippen molar-refractivity contribution in [3.63, 3.8) is 0 Å². The first-order valence-electron chi connectivity index (χ1n) is 7.62. The highest BCUT2D eigenvalue weighted by atomic mass is 15.1. The van der Waals surface area contributed by atoms with E-state index in [1.807, 2.05) is 54.6 Å². The van der Waals surface area contributed by atoms with Crippen molar-refractivity contribution in [3.8, 4) is 11.4 Å². The van der Waals surface area contributed by atoms with Crippen LogP contribution in [0.1, 0.15) is 5.56 Å². The van der Waals surface area contributed by atoms with E-state index in [0.29, 0.717) is 0 Å². The molecule has 0 aliphatic rings. The van der Waals surface area contributed by atoms with Crippen molar-refractivity contribution in [2.24, 2.45) is 0 Å². The summed E-state index contributed by atoms with van der Waals surface area (Å²) < 4.78 is 2.14. The van der Waals surface area contributed by atoms with Gasteiger partial charge in [-0.15, -0.1) is 0 Å². The number of para-hydroxylation sites is 2. The Hall–Kier alpha value is -3.13. The Morgan fingerprint density at radius 1 is 0.739 bits per heavy atom. The van der Waals surface area contributed by atoms with Crippen LogP contribution in [-0.4, -0.2) is 9.55 Å². The van der Waals surface area contributed by atoms with Crippen LogP contribution in [0.15, 0.2) is 91.5 Å². The van der Waals surface area contributed by atoms with Crippen LogP contribution in [0.25, 0.3) is 28.1 Å². The molecule has 2 nitrogen and oxygen atoms in total. The Bertz CT molecular complexity index is 967. The van der Waals surface area contributed by atoms with Crippen molar-refractivity contribution in [2.75, 3.05) is 0 Å². The van der Waals surface area contributed by atoms with Gasteiger partial charge in [0.25, 0.3) is 0 Å². The molecule has 0 spiro atoms. The van der Waals surface area contributed by atoms with E-state index >= 15 is 0 Å². The number of imidazole rings is 1. The Labute approximate surface area is 135 Å². The Morgan fingerprint density at radius 3 is 2.09 bits per heavy atom. The fourth-order valence-corrected chi connectivity index (χ4v) is 2.84. The van der Waals surface area contributed by atoms with Gasteiger partial charge in [-0.1, -0.05) is 79.4 Å². The van der Waals surface area contributed by atoms with Gasteiger partial charge in [-0.3, -0.25) is 4.57 Å². The summed E-state index contributed by atoms with van der Waals surface area (Å²) >= 11 is 0. The third kappa shape index (κ3) is 2.34. The van der Waals surface area contributed by atoms with Crippen molar-refractivity contribution < 1.29 is 0 Å². The summed E-state index contributed by atoms with van der Waals surface area (Å²) in [4.78, 5) is 4.83. The summed E-state index contributed by atoms with van der Waals surface area (Å²) in [6, 6.07) is 28.6. The lowest BCUT2D eigenvalue weighted by Gasteiger charge is -2.12. The van der Waals surface area contributed by atoms with E-state index in [0.717, 1.165) is 33.7 Å². The lowest BCUT2D eigenvalue weighted by Crippen LogP contribution is -2.00. The Balaban J connectivity index is 1.99. The largest absolute Gasteiger partial charge is 0.292 e. The summed E-state index contributed by atoms with van der Waals surface area (Å²) in [5, 5.41) is 0. The van der Waals surface area contributed by atoms with Crippen LogP contribution in [-0.2, 0) is 0 Å². The minimum absolute atomic E-state index is 0.917. The van der Waals surface area contributed by atoms with Crippen LogP contribution in [0.5, 0.6) is 0 Å². The maximum atomic E-state index is 4.83. The lowest BCUT2D eigenvalue weighted by atomic mass is 10.1. The van der Waals surface area contributed by atoms with E-state index in [1.54, 1.807) is 0 Å². The molecule has 1 heterocycles. The van der Waals surface area contributed by atoms with Crippen molar-refractivity contribution in [3.05, 3.63) is 97.1 Å². The van der Waals surface area contributed by atoms with Gasteiger partial charge in [-0.25, -0.2) is 4.98 Å². The number of aromatic nitrogens is 2. The van der Waals surface area contributed by atoms with Gasteiger partial charge < -0.3 is 0 Å². The van der Waals surface area contributed by atoms with Gasteiger partial charge in [0.15, 0.2) is 0 Å². The zero-order chi connectivity index (χ0) is 15.6. The molecular formula is C21H16N2. The average molecular weight is 296 g/mol. The first kappa shape index (κ1) is 13.5. The highest BCUT2D eigenvalue weighted by Gasteiger charge is 2.15. The van der Waals surface area contributed by atoms with Gasteiger partial charge in [-0.05, 0) is 17.7 Å². The molecule has 3 aromatic carbocycles. The molecule has 4 aromatic rings. The van der Waals surface area contributed by atoms with Crippen molar-refractivity contribution in [1.29, 1.82) is 0 Å². The normalized spacial score (nSPS) is 10.8. The van der Waals surface area contributed by atoms with E-state index in [9.17, 15) is 0 Å². The van der Waals surface area contributed by atoms with E-state index in [1.165, 1.54) is 0 Å². The molecule has 0 radical (unpaired) electrons. The zero-order valence-corrected chi connectivity index (χ0v) is 12.7. The van der Waals surface area contributed by atoms with Crippen LogP contribution >= 0.6 is 0 Å². The maximum absolute atomic E-state index is 4.83. The molecule has 0 aliphatic carbocycles. The quantitative estimate of drug-likeness (QED) is 0.506. The highest BCUT2D eigenvalue weighted by Crippen LogP contribution is 2.30. The molecule has 0 amide bonds. The van der Waals surface area contributed by atoms with Gasteiger partial charge >= 0.3 is 0 Å². The maximum Gasteiger partial charge on any atom is 0.145 e. The Morgan fingerprint density at radius 2 is 1.35 bits per heavy atom. The molecule has 0 fully saturated rings. The summed E-state index contributed by atoms with van der Waals surface area (Å²) in [6.07, 6.45) is 0. The topological polar surface area (TPSA) is 17.8 Å². The molecule has 1 aromatic heterocycles. The van der Waals surface area contributed by atoms with Crippen LogP contribution in [0.2, 0.25) is 0 Å². The van der Waals surface area contributed by atoms with Gasteiger partial charge in [0, 0.05) is 11.3 Å². The fraction of sp³-hybridized carbons (Fsp3) is 0. The van der Waals surface area contributed by atoms with Gasteiger partial charge in [-0.2, -0.15) is 0 Å². The highest BCUT2D eigenvalue weighted by molar-refractivity contribution is 5.87. The SMILES string of the molecule is C=C(c1ccccc1)n1c(-c2ccccc2)nc2ccccc21. The number of hydrogen-bond acceptors (Lipinski definition) is 1. The second-order valence-corrected chi connectivity index (χ2v) is 5.44. The van der Waals surface area contributed by atoms with Crippen LogP contribution < -0.4 is 0 Å². The second-order valence-electron chi connectivity index (χ2n) is 5.44. The summed E-state index contributed by atoms with van der Waals surface area (Å²) in [6.45, 7) is 4.33. The van der Waals surface area contributed by atoms with E-state index < -0.39 is 0 Å². The molecule has 4 rings (SSSR count). The molecule has 110 valence electrons. The fourth-order valence-electron chi connectivity index (χ4n) is 2.84. The first-order chi connectivity index (χ1) is 11.3. The monoisotopic (exact) mass is 296 g/mol. The zero-order valence-electron chi connectivity index (χ0n) is 12.7. The van der Waals surface area contributed by atoms with Crippen molar-refractivity contribution in [1.82, 2.24) is 9.55 Å². The molecule has 0 aliphatic heterocycles. The number of fused-ring (bicyclic) bond motifs is 1. The summed E-state index contributed by atoms with van der Waals surface area (Å²) in [5.41, 5.74) is 5.15. The number of nitrogens with zero attached hydrogens (tertiary/aromatic N) is 2. The average Bonchev–Trinajstić information content (AvgIpc) is 3.02. The molecule has 23 heavy (non-hydrogen) atoms. The van der Waals surface area contributed by atoms with E-state index in [2.05, 4.69) is 41.5 Å². The van der Waals surface area contributed by atoms with E-state index in [4.69, 9.17) is 4.98 Å². The second kappa shape index (κ2) is 5.58. The smallest absolute Gasteiger partial charge is 0.145 e. The van der Waals surface area contributed by atoms with Gasteiger partial charge in [0.2, 0.25) is 0 Å². The minimum atomic E-state index is 0.917. The molecule has 0 unspecified atom stereocenters. The van der Waals surface area contributed by atoms with Crippen molar-refractivity contribution in [2.45, 2.75) is 0 Å². The third-order valence-electron chi connectivity index (χ3n) is 3.97. The first-order valence-corrected chi connectivity index (χ1v) is 7.62.